The number of hydrogen-bond donors (Lipinski definition) is 1. The monoisotopic (exact) mass is 395 g/mol. The molecule has 2 aliphatic heterocycles. The molecule has 3 aromatic rings. The Labute approximate surface area is 168 Å². The summed E-state index contributed by atoms with van der Waals surface area (Å²) in [4.78, 5) is 0. The predicted octanol–water partition coefficient (Wildman–Crippen LogP) is 3.68. The molecule has 3 heterocycles. The first kappa shape index (κ1) is 17.8. The Morgan fingerprint density at radius 1 is 1.18 bits per heavy atom. The van der Waals surface area contributed by atoms with E-state index >= 15 is 0 Å². The van der Waals surface area contributed by atoms with Crippen LogP contribution in [0.4, 0.5) is 0 Å². The summed E-state index contributed by atoms with van der Waals surface area (Å²) in [6.07, 6.45) is 4.71. The third kappa shape index (κ3) is 3.11. The van der Waals surface area contributed by atoms with Crippen molar-refractivity contribution in [2.45, 2.75) is 36.8 Å². The largest absolute Gasteiger partial charge is 0.372 e. The molecule has 28 heavy (non-hydrogen) atoms. The molecule has 1 spiro atoms. The van der Waals surface area contributed by atoms with Crippen LogP contribution in [0, 0.1) is 0 Å². The van der Waals surface area contributed by atoms with E-state index < -0.39 is 0 Å². The number of ether oxygens (including phenoxy) is 1. The lowest BCUT2D eigenvalue weighted by Crippen LogP contribution is -2.48. The van der Waals surface area contributed by atoms with Crippen molar-refractivity contribution in [2.75, 3.05) is 13.2 Å². The fourth-order valence-electron chi connectivity index (χ4n) is 4.67. The fraction of sp³-hybridized carbons (Fsp3) is 0.381. The topological polar surface area (TPSA) is 64.9 Å². The Morgan fingerprint density at radius 2 is 2.07 bits per heavy atom. The molecule has 2 fully saturated rings. The number of piperidine rings is 1. The van der Waals surface area contributed by atoms with Crippen molar-refractivity contribution in [1.29, 1.82) is 0 Å². The van der Waals surface area contributed by atoms with E-state index in [1.807, 2.05) is 12.1 Å². The summed E-state index contributed by atoms with van der Waals surface area (Å²) >= 11 is 6.59. The van der Waals surface area contributed by atoms with E-state index in [1.54, 1.807) is 11.0 Å². The van der Waals surface area contributed by atoms with Gasteiger partial charge in [0.15, 0.2) is 0 Å². The van der Waals surface area contributed by atoms with Crippen LogP contribution in [0.3, 0.4) is 0 Å². The summed E-state index contributed by atoms with van der Waals surface area (Å²) in [6.45, 7) is 1.69. The van der Waals surface area contributed by atoms with Crippen molar-refractivity contribution in [3.05, 3.63) is 71.0 Å². The molecule has 0 bridgehead atoms. The number of hydrogen-bond acceptors (Lipinski definition) is 5. The van der Waals surface area contributed by atoms with E-state index in [0.29, 0.717) is 6.61 Å². The molecule has 6 nitrogen and oxygen atoms in total. The second kappa shape index (κ2) is 7.28. The van der Waals surface area contributed by atoms with Crippen LogP contribution in [0.25, 0.3) is 5.69 Å². The number of benzene rings is 2. The SMILES string of the molecule is Clc1ccc(-n2cnnn2)cc1C1CO[C@]2(CCCN[C@H]2c2ccccc2)C1. The molecule has 1 aromatic heterocycles. The molecular weight excluding hydrogens is 374 g/mol. The maximum absolute atomic E-state index is 6.59. The van der Waals surface area contributed by atoms with Gasteiger partial charge in [-0.3, -0.25) is 0 Å². The van der Waals surface area contributed by atoms with Gasteiger partial charge in [0.05, 0.1) is 23.9 Å². The maximum atomic E-state index is 6.59. The van der Waals surface area contributed by atoms with Crippen molar-refractivity contribution >= 4 is 11.6 Å². The summed E-state index contributed by atoms with van der Waals surface area (Å²) in [6, 6.07) is 16.8. The van der Waals surface area contributed by atoms with Gasteiger partial charge in [0.25, 0.3) is 0 Å². The van der Waals surface area contributed by atoms with Crippen LogP contribution in [0.1, 0.15) is 42.3 Å². The van der Waals surface area contributed by atoms with Gasteiger partial charge in [0.2, 0.25) is 0 Å². The standard InChI is InChI=1S/C21H22ClN5O/c22-19-8-7-17(27-14-24-25-26-27)11-18(19)16-12-21(28-13-16)9-4-10-23-20(21)15-5-2-1-3-6-15/h1-3,5-8,11,14,16,20,23H,4,9-10,12-13H2/t16?,20-,21+/m0/s1. The Balaban J connectivity index is 1.46. The van der Waals surface area contributed by atoms with Crippen molar-refractivity contribution in [3.63, 3.8) is 0 Å². The first-order valence-corrected chi connectivity index (χ1v) is 10.1. The van der Waals surface area contributed by atoms with Gasteiger partial charge in [-0.2, -0.15) is 0 Å². The lowest BCUT2D eigenvalue weighted by Gasteiger charge is -2.41. The van der Waals surface area contributed by atoms with Crippen molar-refractivity contribution in [3.8, 4) is 5.69 Å². The third-order valence-corrected chi connectivity index (χ3v) is 6.33. The van der Waals surface area contributed by atoms with Crippen molar-refractivity contribution in [1.82, 2.24) is 25.5 Å². The molecule has 5 rings (SSSR count). The molecule has 0 aliphatic carbocycles. The minimum atomic E-state index is -0.196. The second-order valence-corrected chi connectivity index (χ2v) is 8.05. The molecule has 1 unspecified atom stereocenters. The highest BCUT2D eigenvalue weighted by molar-refractivity contribution is 6.31. The highest BCUT2D eigenvalue weighted by Crippen LogP contribution is 2.49. The molecule has 0 saturated carbocycles. The van der Waals surface area contributed by atoms with Gasteiger partial charge in [-0.1, -0.05) is 41.9 Å². The number of halogens is 1. The number of rotatable bonds is 3. The average molecular weight is 396 g/mol. The van der Waals surface area contributed by atoms with Crippen LogP contribution in [-0.4, -0.2) is 39.0 Å². The van der Waals surface area contributed by atoms with Crippen LogP contribution in [0.5, 0.6) is 0 Å². The first-order chi connectivity index (χ1) is 13.8. The third-order valence-electron chi connectivity index (χ3n) is 5.98. The Morgan fingerprint density at radius 3 is 2.89 bits per heavy atom. The molecule has 0 amide bonds. The fourth-order valence-corrected chi connectivity index (χ4v) is 4.95. The number of nitrogens with one attached hydrogen (secondary N) is 1. The van der Waals surface area contributed by atoms with Crippen molar-refractivity contribution < 1.29 is 4.74 Å². The van der Waals surface area contributed by atoms with Crippen LogP contribution in [0.2, 0.25) is 5.02 Å². The molecule has 2 aliphatic rings. The Hall–Kier alpha value is -2.28. The highest BCUT2D eigenvalue weighted by Gasteiger charge is 2.48. The highest BCUT2D eigenvalue weighted by atomic mass is 35.5. The zero-order valence-corrected chi connectivity index (χ0v) is 16.2. The zero-order chi connectivity index (χ0) is 19.0. The van der Waals surface area contributed by atoms with Gasteiger partial charge in [-0.05, 0) is 65.6 Å². The lowest BCUT2D eigenvalue weighted by atomic mass is 9.77. The van der Waals surface area contributed by atoms with Crippen molar-refractivity contribution in [2.24, 2.45) is 0 Å². The van der Waals surface area contributed by atoms with Crippen LogP contribution in [-0.2, 0) is 4.74 Å². The Bertz CT molecular complexity index is 949. The van der Waals surface area contributed by atoms with E-state index in [4.69, 9.17) is 16.3 Å². The maximum Gasteiger partial charge on any atom is 0.143 e. The molecule has 0 radical (unpaired) electrons. The van der Waals surface area contributed by atoms with Gasteiger partial charge in [0.1, 0.15) is 6.33 Å². The van der Waals surface area contributed by atoms with Crippen LogP contribution >= 0.6 is 11.6 Å². The van der Waals surface area contributed by atoms with Gasteiger partial charge >= 0.3 is 0 Å². The lowest BCUT2D eigenvalue weighted by molar-refractivity contribution is -0.0484. The van der Waals surface area contributed by atoms with Crippen LogP contribution in [0.15, 0.2) is 54.9 Å². The molecule has 1 N–H and O–H groups in total. The summed E-state index contributed by atoms with van der Waals surface area (Å²) in [5.41, 5.74) is 3.10. The number of tetrazole rings is 1. The van der Waals surface area contributed by atoms with Gasteiger partial charge in [-0.25, -0.2) is 4.68 Å². The molecule has 2 aromatic carbocycles. The summed E-state index contributed by atoms with van der Waals surface area (Å²) in [5.74, 6) is 0.245. The van der Waals surface area contributed by atoms with Crippen LogP contribution < -0.4 is 5.32 Å². The number of aromatic nitrogens is 4. The summed E-state index contributed by atoms with van der Waals surface area (Å²) < 4.78 is 8.19. The molecular formula is C21H22ClN5O. The van der Waals surface area contributed by atoms with Gasteiger partial charge < -0.3 is 10.1 Å². The van der Waals surface area contributed by atoms with E-state index in [0.717, 1.165) is 42.1 Å². The summed E-state index contributed by atoms with van der Waals surface area (Å²) in [7, 11) is 0. The van der Waals surface area contributed by atoms with Gasteiger partial charge in [-0.15, -0.1) is 5.10 Å². The second-order valence-electron chi connectivity index (χ2n) is 7.64. The minimum Gasteiger partial charge on any atom is -0.372 e. The number of nitrogens with zero attached hydrogens (tertiary/aromatic N) is 4. The van der Waals surface area contributed by atoms with E-state index in [-0.39, 0.29) is 17.6 Å². The average Bonchev–Trinajstić information content (AvgIpc) is 3.41. The Kier molecular flexibility index (Phi) is 4.62. The smallest absolute Gasteiger partial charge is 0.143 e. The summed E-state index contributed by atoms with van der Waals surface area (Å²) in [5, 5.41) is 15.9. The van der Waals surface area contributed by atoms with E-state index in [9.17, 15) is 0 Å². The van der Waals surface area contributed by atoms with E-state index in [2.05, 4.69) is 57.2 Å². The normalized spacial score (nSPS) is 27.3. The minimum absolute atomic E-state index is 0.196. The molecule has 2 saturated heterocycles. The van der Waals surface area contributed by atoms with Gasteiger partial charge in [0, 0.05) is 10.9 Å². The van der Waals surface area contributed by atoms with E-state index in [1.165, 1.54) is 5.56 Å². The molecule has 144 valence electrons. The zero-order valence-electron chi connectivity index (χ0n) is 15.5. The first-order valence-electron chi connectivity index (χ1n) is 9.70. The molecule has 3 atom stereocenters. The molecule has 7 heteroatoms. The quantitative estimate of drug-likeness (QED) is 0.732. The predicted molar refractivity (Wildman–Crippen MR) is 107 cm³/mol.